The van der Waals surface area contributed by atoms with Gasteiger partial charge in [0, 0.05) is 80.1 Å². The second kappa shape index (κ2) is 15.0. The van der Waals surface area contributed by atoms with E-state index in [4.69, 9.17) is 16.3 Å². The average molecular weight is 685 g/mol. The molecule has 11 heteroatoms. The van der Waals surface area contributed by atoms with Gasteiger partial charge in [-0.1, -0.05) is 41.6 Å². The maximum absolute atomic E-state index is 14.7. The number of hydrogen-bond donors (Lipinski definition) is 0. The van der Waals surface area contributed by atoms with E-state index in [-0.39, 0.29) is 47.4 Å². The minimum atomic E-state index is -0.207. The smallest absolute Gasteiger partial charge is 0.379 e. The molecule has 1 atom stereocenters. The number of halogens is 1. The number of nitrogens with zero attached hydrogens (tertiary/aromatic N) is 6. The van der Waals surface area contributed by atoms with Crippen LogP contribution < -0.4 is 34.5 Å². The molecule has 4 heterocycles. The van der Waals surface area contributed by atoms with Crippen LogP contribution in [0.15, 0.2) is 85.2 Å². The fraction of sp³-hybridized carbons (Fsp3) is 0.289. The fourth-order valence-electron chi connectivity index (χ4n) is 6.87. The van der Waals surface area contributed by atoms with Gasteiger partial charge in [-0.05, 0) is 48.7 Å². The summed E-state index contributed by atoms with van der Waals surface area (Å²) in [6.07, 6.45) is 4.27. The molecule has 5 aromatic rings. The van der Waals surface area contributed by atoms with Gasteiger partial charge in [-0.25, -0.2) is 0 Å². The molecule has 49 heavy (non-hydrogen) atoms. The maximum Gasteiger partial charge on any atom is 1.00 e. The molecule has 2 amide bonds. The fourth-order valence-corrected chi connectivity index (χ4v) is 7.04. The van der Waals surface area contributed by atoms with Crippen molar-refractivity contribution in [3.8, 4) is 11.3 Å². The van der Waals surface area contributed by atoms with Crippen LogP contribution in [0.5, 0.6) is 0 Å². The number of benzene rings is 3. The van der Waals surface area contributed by atoms with Gasteiger partial charge in [-0.15, -0.1) is 12.1 Å². The third-order valence-corrected chi connectivity index (χ3v) is 9.79. The number of ether oxygens (including phenoxy) is 1. The van der Waals surface area contributed by atoms with E-state index in [2.05, 4.69) is 34.3 Å². The number of aryl methyl sites for hydroxylation is 1. The van der Waals surface area contributed by atoms with Crippen LogP contribution in [0.1, 0.15) is 37.5 Å². The minimum Gasteiger partial charge on any atom is -0.379 e. The molecule has 1 fully saturated rings. The van der Waals surface area contributed by atoms with Gasteiger partial charge in [0.15, 0.2) is 0 Å². The molecular weight excluding hydrogens is 647 g/mol. The largest absolute Gasteiger partial charge is 1.00 e. The summed E-state index contributed by atoms with van der Waals surface area (Å²) in [6.45, 7) is 6.32. The van der Waals surface area contributed by atoms with E-state index in [9.17, 15) is 9.59 Å². The van der Waals surface area contributed by atoms with Crippen molar-refractivity contribution in [1.29, 1.82) is 0 Å². The molecule has 0 spiro atoms. The second-order valence-corrected chi connectivity index (χ2v) is 13.0. The summed E-state index contributed by atoms with van der Waals surface area (Å²) in [5, 5.41) is 4.83. The summed E-state index contributed by atoms with van der Waals surface area (Å²) in [5.74, 6) is -0.264. The van der Waals surface area contributed by atoms with Gasteiger partial charge in [-0.2, -0.15) is 23.3 Å². The summed E-state index contributed by atoms with van der Waals surface area (Å²) in [4.78, 5) is 35.2. The summed E-state index contributed by atoms with van der Waals surface area (Å²) >= 11 is 6.62. The molecule has 0 radical (unpaired) electrons. The summed E-state index contributed by atoms with van der Waals surface area (Å²) in [6, 6.07) is 26.0. The number of hydrogen-bond acceptors (Lipinski definition) is 5. The Kier molecular flexibility index (Phi) is 10.8. The monoisotopic (exact) mass is 684 g/mol. The summed E-state index contributed by atoms with van der Waals surface area (Å²) in [7, 11) is 3.74. The number of aromatic nitrogens is 3. The van der Waals surface area contributed by atoms with E-state index in [0.717, 1.165) is 43.0 Å². The van der Waals surface area contributed by atoms with Crippen molar-refractivity contribution >= 4 is 34.8 Å². The van der Waals surface area contributed by atoms with Gasteiger partial charge in [0.1, 0.15) is 0 Å². The first kappa shape index (κ1) is 35.1. The van der Waals surface area contributed by atoms with Crippen molar-refractivity contribution in [2.75, 3.05) is 37.7 Å². The van der Waals surface area contributed by atoms with Crippen molar-refractivity contribution in [2.24, 2.45) is 14.1 Å². The minimum absolute atomic E-state index is 0. The molecule has 3 aromatic carbocycles. The van der Waals surface area contributed by atoms with Crippen molar-refractivity contribution < 1.29 is 43.9 Å². The zero-order valence-corrected chi connectivity index (χ0v) is 31.2. The molecule has 0 saturated carbocycles. The van der Waals surface area contributed by atoms with Crippen LogP contribution in [0.3, 0.4) is 0 Å². The first-order valence-electron chi connectivity index (χ1n) is 16.2. The van der Waals surface area contributed by atoms with E-state index in [0.29, 0.717) is 52.8 Å². The third-order valence-electron chi connectivity index (χ3n) is 9.55. The standard InChI is InChI=1S/C38H38ClN6O3.Na/c1-26-34(38(47)45(30-11-5-4-6-12-30)32-22-40-41(2)24-32)21-36(42(26)3)35-20-29(39)13-14-33(35)37(46)44-23-28-10-8-7-9-27(28)19-31(44)25-43-15-17-48-18-16-43;/h5-14,20-22,24,31H,15-19,23,25H2,1-3H3;/q-1;+1/t31-;/m0./s1. The first-order valence-corrected chi connectivity index (χ1v) is 16.6. The van der Waals surface area contributed by atoms with Crippen LogP contribution in [0.25, 0.3) is 11.3 Å². The predicted molar refractivity (Wildman–Crippen MR) is 187 cm³/mol. The Labute approximate surface area is 314 Å². The van der Waals surface area contributed by atoms with E-state index in [1.807, 2.05) is 73.1 Å². The quantitative estimate of drug-likeness (QED) is 0.195. The summed E-state index contributed by atoms with van der Waals surface area (Å²) in [5.41, 5.74) is 7.04. The molecule has 0 unspecified atom stereocenters. The van der Waals surface area contributed by atoms with Crippen molar-refractivity contribution in [1.82, 2.24) is 24.1 Å². The predicted octanol–water partition coefficient (Wildman–Crippen LogP) is 3.07. The molecule has 0 N–H and O–H groups in total. The van der Waals surface area contributed by atoms with Gasteiger partial charge in [0.2, 0.25) is 0 Å². The van der Waals surface area contributed by atoms with Crippen LogP contribution in [-0.2, 0) is 31.8 Å². The van der Waals surface area contributed by atoms with Gasteiger partial charge >= 0.3 is 29.6 Å². The number of fused-ring (bicyclic) bond motifs is 1. The first-order chi connectivity index (χ1) is 23.3. The Morgan fingerprint density at radius 3 is 2.43 bits per heavy atom. The Morgan fingerprint density at radius 1 is 0.980 bits per heavy atom. The van der Waals surface area contributed by atoms with Crippen LogP contribution in [0, 0.1) is 13.0 Å². The maximum atomic E-state index is 14.7. The van der Waals surface area contributed by atoms with E-state index >= 15 is 0 Å². The van der Waals surface area contributed by atoms with Gasteiger partial charge in [0.05, 0.1) is 30.7 Å². The molecule has 0 bridgehead atoms. The van der Waals surface area contributed by atoms with Gasteiger partial charge in [-0.3, -0.25) is 24.1 Å². The van der Waals surface area contributed by atoms with Crippen LogP contribution >= 0.6 is 11.6 Å². The third kappa shape index (κ3) is 7.15. The molecule has 1 saturated heterocycles. The number of anilines is 2. The molecule has 246 valence electrons. The zero-order chi connectivity index (χ0) is 33.4. The van der Waals surface area contributed by atoms with Gasteiger partial charge < -0.3 is 14.2 Å². The normalized spacial score (nSPS) is 16.2. The van der Waals surface area contributed by atoms with E-state index in [1.165, 1.54) is 5.56 Å². The van der Waals surface area contributed by atoms with E-state index in [1.54, 1.807) is 34.0 Å². The molecular formula is C38H38ClN6NaO3. The Morgan fingerprint density at radius 2 is 1.71 bits per heavy atom. The molecule has 9 nitrogen and oxygen atoms in total. The van der Waals surface area contributed by atoms with Crippen molar-refractivity contribution in [3.63, 3.8) is 0 Å². The van der Waals surface area contributed by atoms with Crippen LogP contribution in [-0.4, -0.2) is 74.9 Å². The molecule has 0 aliphatic carbocycles. The topological polar surface area (TPSA) is 75.8 Å². The number of carbonyl (C=O) groups is 2. The second-order valence-electron chi connectivity index (χ2n) is 12.5. The number of carbonyl (C=O) groups excluding carboxylic acids is 2. The zero-order valence-electron chi connectivity index (χ0n) is 28.4. The molecule has 2 aliphatic heterocycles. The Balaban J connectivity index is 0.00000417. The Hall–Kier alpha value is -3.70. The Bertz CT molecular complexity index is 1970. The average Bonchev–Trinajstić information content (AvgIpc) is 3.66. The molecule has 2 aliphatic rings. The SMILES string of the molecule is Cc1c(C(=O)N(c2cc[c-]cc2)c2cnn(C)c2)cc(-c2cc(Cl)ccc2C(=O)N2Cc3ccccc3C[C@H]2CN2CCOCC2)n1C.[Na+]. The van der Waals surface area contributed by atoms with E-state index < -0.39 is 0 Å². The molecule has 7 rings (SSSR count). The van der Waals surface area contributed by atoms with Gasteiger partial charge in [0.25, 0.3) is 11.8 Å². The summed E-state index contributed by atoms with van der Waals surface area (Å²) < 4.78 is 9.24. The molecule has 2 aromatic heterocycles. The van der Waals surface area contributed by atoms with Crippen molar-refractivity contribution in [3.05, 3.63) is 124 Å². The number of rotatable bonds is 7. The number of amides is 2. The van der Waals surface area contributed by atoms with Crippen LogP contribution in [0.4, 0.5) is 11.4 Å². The van der Waals surface area contributed by atoms with Crippen molar-refractivity contribution in [2.45, 2.75) is 25.9 Å². The number of morpholine rings is 1. The van der Waals surface area contributed by atoms with Crippen LogP contribution in [0.2, 0.25) is 5.02 Å².